The zero-order valence-electron chi connectivity index (χ0n) is 18.1. The van der Waals surface area contributed by atoms with E-state index in [-0.39, 0.29) is 24.8 Å². The molecule has 0 fully saturated rings. The monoisotopic (exact) mass is 446 g/mol. The highest BCUT2D eigenvalue weighted by atomic mass is 35.5. The smallest absolute Gasteiger partial charge is 0.244 e. The normalized spacial score (nSPS) is 13.3. The fraction of sp³-hybridized carbons (Fsp3) is 0.200. The predicted molar refractivity (Wildman–Crippen MR) is 128 cm³/mol. The SMILES string of the molecule is Cc1cc(C)c(NC(=O)CN2C(=O)CC(c3cccc(Cl)c3)=Nc3cccnc32)c(C)c1. The Labute approximate surface area is 192 Å². The predicted octanol–water partition coefficient (Wildman–Crippen LogP) is 5.16. The van der Waals surface area contributed by atoms with Crippen molar-refractivity contribution in [2.75, 3.05) is 16.8 Å². The lowest BCUT2D eigenvalue weighted by atomic mass is 10.1. The van der Waals surface area contributed by atoms with E-state index >= 15 is 0 Å². The summed E-state index contributed by atoms with van der Waals surface area (Å²) in [5.74, 6) is -0.188. The molecule has 2 heterocycles. The van der Waals surface area contributed by atoms with Crippen LogP contribution in [-0.2, 0) is 9.59 Å². The molecule has 3 aromatic rings. The van der Waals surface area contributed by atoms with Crippen LogP contribution in [0.4, 0.5) is 17.2 Å². The lowest BCUT2D eigenvalue weighted by molar-refractivity contribution is -0.120. The molecule has 1 N–H and O–H groups in total. The van der Waals surface area contributed by atoms with Crippen LogP contribution in [0, 0.1) is 20.8 Å². The maximum atomic E-state index is 13.2. The van der Waals surface area contributed by atoms with Crippen molar-refractivity contribution in [1.82, 2.24) is 4.98 Å². The van der Waals surface area contributed by atoms with E-state index in [2.05, 4.69) is 15.3 Å². The van der Waals surface area contributed by atoms with Gasteiger partial charge in [-0.25, -0.2) is 9.98 Å². The number of halogens is 1. The van der Waals surface area contributed by atoms with E-state index in [1.165, 1.54) is 4.90 Å². The number of nitrogens with one attached hydrogen (secondary N) is 1. The molecule has 1 aromatic heterocycles. The number of carbonyl (C=O) groups excluding carboxylic acids is 2. The molecule has 0 atom stereocenters. The molecule has 7 heteroatoms. The van der Waals surface area contributed by atoms with E-state index in [4.69, 9.17) is 11.6 Å². The second kappa shape index (κ2) is 8.93. The summed E-state index contributed by atoms with van der Waals surface area (Å²) in [6.07, 6.45) is 1.62. The van der Waals surface area contributed by atoms with Gasteiger partial charge in [-0.3, -0.25) is 14.5 Å². The van der Waals surface area contributed by atoms with Gasteiger partial charge in [0.1, 0.15) is 12.2 Å². The minimum Gasteiger partial charge on any atom is -0.324 e. The van der Waals surface area contributed by atoms with Crippen molar-refractivity contribution in [2.24, 2.45) is 4.99 Å². The Morgan fingerprint density at radius 3 is 2.56 bits per heavy atom. The van der Waals surface area contributed by atoms with Gasteiger partial charge in [0.05, 0.1) is 12.1 Å². The van der Waals surface area contributed by atoms with Crippen LogP contribution < -0.4 is 10.2 Å². The lowest BCUT2D eigenvalue weighted by Gasteiger charge is -2.21. The van der Waals surface area contributed by atoms with Gasteiger partial charge in [-0.2, -0.15) is 0 Å². The Hall–Kier alpha value is -3.51. The summed E-state index contributed by atoms with van der Waals surface area (Å²) < 4.78 is 0. The largest absolute Gasteiger partial charge is 0.324 e. The maximum Gasteiger partial charge on any atom is 0.244 e. The number of amides is 2. The molecule has 0 saturated carbocycles. The van der Waals surface area contributed by atoms with Gasteiger partial charge in [0.15, 0.2) is 5.82 Å². The molecule has 6 nitrogen and oxygen atoms in total. The summed E-state index contributed by atoms with van der Waals surface area (Å²) in [6.45, 7) is 5.76. The van der Waals surface area contributed by atoms with E-state index in [1.807, 2.05) is 45.0 Å². The summed E-state index contributed by atoms with van der Waals surface area (Å²) in [5.41, 5.74) is 5.72. The molecule has 2 aromatic carbocycles. The van der Waals surface area contributed by atoms with Gasteiger partial charge in [0.2, 0.25) is 11.8 Å². The highest BCUT2D eigenvalue weighted by Crippen LogP contribution is 2.31. The third-order valence-corrected chi connectivity index (χ3v) is 5.53. The van der Waals surface area contributed by atoms with Crippen LogP contribution in [0.2, 0.25) is 5.02 Å². The van der Waals surface area contributed by atoms with Gasteiger partial charge in [-0.05, 0) is 61.7 Å². The van der Waals surface area contributed by atoms with E-state index in [0.717, 1.165) is 27.9 Å². The van der Waals surface area contributed by atoms with E-state index < -0.39 is 0 Å². The van der Waals surface area contributed by atoms with Gasteiger partial charge in [-0.15, -0.1) is 0 Å². The highest BCUT2D eigenvalue weighted by molar-refractivity contribution is 6.31. The minimum absolute atomic E-state index is 0.0343. The van der Waals surface area contributed by atoms with E-state index in [1.54, 1.807) is 30.5 Å². The summed E-state index contributed by atoms with van der Waals surface area (Å²) >= 11 is 6.14. The fourth-order valence-electron chi connectivity index (χ4n) is 3.92. The molecular formula is C25H23ClN4O2. The van der Waals surface area contributed by atoms with Crippen LogP contribution in [0.5, 0.6) is 0 Å². The van der Waals surface area contributed by atoms with Crippen LogP contribution in [0.15, 0.2) is 59.7 Å². The van der Waals surface area contributed by atoms with Gasteiger partial charge in [-0.1, -0.05) is 41.4 Å². The number of pyridine rings is 1. The van der Waals surface area contributed by atoms with Crippen molar-refractivity contribution in [1.29, 1.82) is 0 Å². The van der Waals surface area contributed by atoms with Crippen LogP contribution in [0.25, 0.3) is 0 Å². The first-order valence-electron chi connectivity index (χ1n) is 10.3. The number of carbonyl (C=O) groups is 2. The van der Waals surface area contributed by atoms with Crippen molar-refractivity contribution < 1.29 is 9.59 Å². The Morgan fingerprint density at radius 1 is 1.09 bits per heavy atom. The molecule has 4 rings (SSSR count). The number of aliphatic imine (C=N–C) groups is 1. The molecule has 32 heavy (non-hydrogen) atoms. The summed E-state index contributed by atoms with van der Waals surface area (Å²) in [5, 5.41) is 3.52. The average Bonchev–Trinajstić information content (AvgIpc) is 2.87. The van der Waals surface area contributed by atoms with Gasteiger partial charge in [0, 0.05) is 16.9 Å². The number of fused-ring (bicyclic) bond motifs is 1. The van der Waals surface area contributed by atoms with Crippen molar-refractivity contribution >= 4 is 46.3 Å². The maximum absolute atomic E-state index is 13.2. The lowest BCUT2D eigenvalue weighted by Crippen LogP contribution is -2.39. The Morgan fingerprint density at radius 2 is 1.84 bits per heavy atom. The molecule has 2 amide bonds. The van der Waals surface area contributed by atoms with Crippen LogP contribution in [-0.4, -0.2) is 29.1 Å². The number of benzene rings is 2. The fourth-order valence-corrected chi connectivity index (χ4v) is 4.11. The van der Waals surface area contributed by atoms with Gasteiger partial charge in [0.25, 0.3) is 0 Å². The average molecular weight is 447 g/mol. The first-order valence-corrected chi connectivity index (χ1v) is 10.7. The zero-order chi connectivity index (χ0) is 22.8. The summed E-state index contributed by atoms with van der Waals surface area (Å²) in [4.78, 5) is 36.6. The molecule has 1 aliphatic heterocycles. The molecule has 0 saturated heterocycles. The van der Waals surface area contributed by atoms with Crippen LogP contribution in [0.3, 0.4) is 0 Å². The number of hydrogen-bond donors (Lipinski definition) is 1. The van der Waals surface area contributed by atoms with E-state index in [0.29, 0.717) is 22.2 Å². The van der Waals surface area contributed by atoms with Gasteiger partial charge >= 0.3 is 0 Å². The highest BCUT2D eigenvalue weighted by Gasteiger charge is 2.28. The van der Waals surface area contributed by atoms with E-state index in [9.17, 15) is 9.59 Å². The molecule has 162 valence electrons. The van der Waals surface area contributed by atoms with Crippen molar-refractivity contribution in [3.63, 3.8) is 0 Å². The first kappa shape index (κ1) is 21.7. The van der Waals surface area contributed by atoms with Gasteiger partial charge < -0.3 is 5.32 Å². The Kier molecular flexibility index (Phi) is 6.06. The number of rotatable bonds is 4. The summed E-state index contributed by atoms with van der Waals surface area (Å²) in [7, 11) is 0. The quantitative estimate of drug-likeness (QED) is 0.601. The van der Waals surface area contributed by atoms with Crippen molar-refractivity contribution in [3.8, 4) is 0 Å². The number of hydrogen-bond acceptors (Lipinski definition) is 4. The Balaban J connectivity index is 1.63. The number of nitrogens with zero attached hydrogens (tertiary/aromatic N) is 3. The van der Waals surface area contributed by atoms with Crippen molar-refractivity contribution in [2.45, 2.75) is 27.2 Å². The molecular weight excluding hydrogens is 424 g/mol. The number of aromatic nitrogens is 1. The molecule has 0 bridgehead atoms. The molecule has 0 unspecified atom stereocenters. The third-order valence-electron chi connectivity index (χ3n) is 5.30. The number of aryl methyl sites for hydroxylation is 3. The zero-order valence-corrected chi connectivity index (χ0v) is 18.9. The van der Waals surface area contributed by atoms with Crippen LogP contribution in [0.1, 0.15) is 28.7 Å². The van der Waals surface area contributed by atoms with Crippen LogP contribution >= 0.6 is 11.6 Å². The standard InChI is InChI=1S/C25H23ClN4O2/c1-15-10-16(2)24(17(3)11-15)29-22(31)14-30-23(32)13-21(18-6-4-7-19(26)12-18)28-20-8-5-9-27-25(20)30/h4-12H,13-14H2,1-3H3,(H,29,31). The second-order valence-electron chi connectivity index (χ2n) is 7.89. The molecule has 1 aliphatic rings. The minimum atomic E-state index is -0.295. The number of anilines is 2. The molecule has 0 radical (unpaired) electrons. The summed E-state index contributed by atoms with van der Waals surface area (Å²) in [6, 6.07) is 14.8. The van der Waals surface area contributed by atoms with Crippen molar-refractivity contribution in [3.05, 3.63) is 82.0 Å². The second-order valence-corrected chi connectivity index (χ2v) is 8.33. The Bertz CT molecular complexity index is 1230. The topological polar surface area (TPSA) is 74.7 Å². The third kappa shape index (κ3) is 4.55. The molecule has 0 spiro atoms. The molecule has 0 aliphatic carbocycles. The first-order chi connectivity index (χ1) is 15.3.